The third kappa shape index (κ3) is 4.57. The summed E-state index contributed by atoms with van der Waals surface area (Å²) in [5.41, 5.74) is 2.82. The molecule has 2 aromatic rings. The highest BCUT2D eigenvalue weighted by Gasteiger charge is 2.35. The SMILES string of the molecule is Cl.Cl.c1ccc(C(c2ccccc2)C2CNC3CCCCC3N2)cc1. The lowest BCUT2D eigenvalue weighted by atomic mass is 9.80. The van der Waals surface area contributed by atoms with Gasteiger partial charge in [0.1, 0.15) is 0 Å². The Morgan fingerprint density at radius 2 is 1.24 bits per heavy atom. The number of hydrogen-bond acceptors (Lipinski definition) is 2. The van der Waals surface area contributed by atoms with Crippen LogP contribution in [0.3, 0.4) is 0 Å². The van der Waals surface area contributed by atoms with Crippen molar-refractivity contribution < 1.29 is 0 Å². The number of nitrogens with one attached hydrogen (secondary N) is 2. The van der Waals surface area contributed by atoms with Gasteiger partial charge in [0.05, 0.1) is 0 Å². The van der Waals surface area contributed by atoms with E-state index in [0.29, 0.717) is 24.0 Å². The summed E-state index contributed by atoms with van der Waals surface area (Å²) in [6, 6.07) is 23.7. The van der Waals surface area contributed by atoms with E-state index in [-0.39, 0.29) is 24.8 Å². The Labute approximate surface area is 163 Å². The highest BCUT2D eigenvalue weighted by atomic mass is 35.5. The van der Waals surface area contributed by atoms with Gasteiger partial charge >= 0.3 is 0 Å². The Hall–Kier alpha value is -1.06. The zero-order valence-corrected chi connectivity index (χ0v) is 16.1. The van der Waals surface area contributed by atoms with Crippen LogP contribution in [-0.2, 0) is 0 Å². The highest BCUT2D eigenvalue weighted by molar-refractivity contribution is 5.85. The molecule has 1 saturated heterocycles. The zero-order chi connectivity index (χ0) is 15.5. The van der Waals surface area contributed by atoms with Crippen LogP contribution in [0.5, 0.6) is 0 Å². The summed E-state index contributed by atoms with van der Waals surface area (Å²) in [6.07, 6.45) is 5.38. The molecule has 0 amide bonds. The predicted octanol–water partition coefficient (Wildman–Crippen LogP) is 4.53. The third-order valence-electron chi connectivity index (χ3n) is 5.51. The molecule has 2 aliphatic rings. The van der Waals surface area contributed by atoms with Crippen LogP contribution >= 0.6 is 24.8 Å². The van der Waals surface area contributed by atoms with Gasteiger partial charge in [-0.25, -0.2) is 0 Å². The molecule has 1 saturated carbocycles. The lowest BCUT2D eigenvalue weighted by Crippen LogP contribution is -2.63. The first-order valence-corrected chi connectivity index (χ1v) is 9.01. The van der Waals surface area contributed by atoms with Gasteiger partial charge in [0.25, 0.3) is 0 Å². The number of fused-ring (bicyclic) bond motifs is 1. The number of benzene rings is 2. The summed E-state index contributed by atoms with van der Waals surface area (Å²) in [5.74, 6) is 0.410. The van der Waals surface area contributed by atoms with Gasteiger partial charge in [0.2, 0.25) is 0 Å². The average molecular weight is 379 g/mol. The summed E-state index contributed by atoms with van der Waals surface area (Å²) in [7, 11) is 0. The van der Waals surface area contributed by atoms with Crippen LogP contribution in [0.2, 0.25) is 0 Å². The Morgan fingerprint density at radius 1 is 0.720 bits per heavy atom. The zero-order valence-electron chi connectivity index (χ0n) is 14.4. The van der Waals surface area contributed by atoms with Gasteiger partial charge in [-0.3, -0.25) is 0 Å². The molecular weight excluding hydrogens is 351 g/mol. The topological polar surface area (TPSA) is 24.1 Å². The van der Waals surface area contributed by atoms with E-state index in [9.17, 15) is 0 Å². The Balaban J connectivity index is 0.00000113. The maximum absolute atomic E-state index is 3.99. The summed E-state index contributed by atoms with van der Waals surface area (Å²) in [4.78, 5) is 0. The highest BCUT2D eigenvalue weighted by Crippen LogP contribution is 2.31. The third-order valence-corrected chi connectivity index (χ3v) is 5.51. The quantitative estimate of drug-likeness (QED) is 0.819. The minimum absolute atomic E-state index is 0. The molecule has 1 aliphatic carbocycles. The van der Waals surface area contributed by atoms with Gasteiger partial charge in [0, 0.05) is 30.6 Å². The van der Waals surface area contributed by atoms with E-state index >= 15 is 0 Å². The minimum atomic E-state index is 0. The standard InChI is InChI=1S/C21H26N2.2ClH/c1-3-9-16(10-4-1)21(17-11-5-2-6-12-17)20-15-22-18-13-7-8-14-19(18)23-20;;/h1-6,9-12,18-23H,7-8,13-15H2;2*1H. The summed E-state index contributed by atoms with van der Waals surface area (Å²) in [6.45, 7) is 1.05. The van der Waals surface area contributed by atoms with Crippen molar-refractivity contribution in [3.63, 3.8) is 0 Å². The van der Waals surface area contributed by atoms with Crippen molar-refractivity contribution in [2.45, 2.75) is 49.7 Å². The first-order valence-electron chi connectivity index (χ1n) is 9.01. The molecule has 25 heavy (non-hydrogen) atoms. The molecule has 2 nitrogen and oxygen atoms in total. The van der Waals surface area contributed by atoms with Gasteiger partial charge in [-0.15, -0.1) is 24.8 Å². The fourth-order valence-corrected chi connectivity index (χ4v) is 4.38. The van der Waals surface area contributed by atoms with E-state index in [1.807, 2.05) is 0 Å². The Kier molecular flexibility index (Phi) is 7.77. The van der Waals surface area contributed by atoms with E-state index in [1.54, 1.807) is 0 Å². The number of halogens is 2. The normalized spacial score (nSPS) is 25.4. The smallest absolute Gasteiger partial charge is 0.0305 e. The van der Waals surface area contributed by atoms with Crippen molar-refractivity contribution in [3.05, 3.63) is 71.8 Å². The summed E-state index contributed by atoms with van der Waals surface area (Å²) < 4.78 is 0. The summed E-state index contributed by atoms with van der Waals surface area (Å²) >= 11 is 0. The molecule has 0 spiro atoms. The second kappa shape index (κ2) is 9.59. The first kappa shape index (κ1) is 20.3. The molecule has 3 unspecified atom stereocenters. The maximum atomic E-state index is 3.99. The van der Waals surface area contributed by atoms with Crippen LogP contribution in [0.1, 0.15) is 42.7 Å². The summed E-state index contributed by atoms with van der Waals surface area (Å²) in [5, 5.41) is 7.82. The molecule has 136 valence electrons. The van der Waals surface area contributed by atoms with Crippen molar-refractivity contribution in [1.82, 2.24) is 10.6 Å². The first-order chi connectivity index (χ1) is 11.4. The Bertz CT molecular complexity index is 581. The van der Waals surface area contributed by atoms with E-state index in [2.05, 4.69) is 71.3 Å². The van der Waals surface area contributed by atoms with Crippen LogP contribution in [0.15, 0.2) is 60.7 Å². The van der Waals surface area contributed by atoms with Crippen LogP contribution in [0.4, 0.5) is 0 Å². The van der Waals surface area contributed by atoms with Crippen molar-refractivity contribution in [1.29, 1.82) is 0 Å². The molecule has 1 aliphatic heterocycles. The molecule has 0 radical (unpaired) electrons. The fourth-order valence-electron chi connectivity index (χ4n) is 4.38. The average Bonchev–Trinajstić information content (AvgIpc) is 2.64. The number of hydrogen-bond donors (Lipinski definition) is 2. The van der Waals surface area contributed by atoms with E-state index < -0.39 is 0 Å². The number of rotatable bonds is 3. The maximum Gasteiger partial charge on any atom is 0.0305 e. The molecular formula is C21H28Cl2N2. The van der Waals surface area contributed by atoms with Gasteiger partial charge in [-0.2, -0.15) is 0 Å². The molecule has 4 rings (SSSR count). The van der Waals surface area contributed by atoms with Crippen LogP contribution in [0.25, 0.3) is 0 Å². The largest absolute Gasteiger partial charge is 0.311 e. The molecule has 3 atom stereocenters. The molecule has 2 aromatic carbocycles. The van der Waals surface area contributed by atoms with E-state index in [0.717, 1.165) is 6.54 Å². The molecule has 0 bridgehead atoms. The fraction of sp³-hybridized carbons (Fsp3) is 0.429. The molecule has 4 heteroatoms. The molecule has 2 N–H and O–H groups in total. The van der Waals surface area contributed by atoms with Crippen molar-refractivity contribution in [3.8, 4) is 0 Å². The van der Waals surface area contributed by atoms with Crippen LogP contribution in [0, 0.1) is 0 Å². The van der Waals surface area contributed by atoms with Crippen molar-refractivity contribution in [2.24, 2.45) is 0 Å². The molecule has 0 aromatic heterocycles. The second-order valence-electron chi connectivity index (χ2n) is 6.98. The monoisotopic (exact) mass is 378 g/mol. The van der Waals surface area contributed by atoms with Crippen LogP contribution < -0.4 is 10.6 Å². The van der Waals surface area contributed by atoms with Gasteiger partial charge < -0.3 is 10.6 Å². The lowest BCUT2D eigenvalue weighted by molar-refractivity contribution is 0.203. The van der Waals surface area contributed by atoms with Crippen molar-refractivity contribution >= 4 is 24.8 Å². The van der Waals surface area contributed by atoms with Crippen LogP contribution in [-0.4, -0.2) is 24.7 Å². The Morgan fingerprint density at radius 3 is 1.80 bits per heavy atom. The second-order valence-corrected chi connectivity index (χ2v) is 6.98. The van der Waals surface area contributed by atoms with E-state index in [1.165, 1.54) is 36.8 Å². The van der Waals surface area contributed by atoms with Crippen molar-refractivity contribution in [2.75, 3.05) is 6.54 Å². The minimum Gasteiger partial charge on any atom is -0.311 e. The van der Waals surface area contributed by atoms with E-state index in [4.69, 9.17) is 0 Å². The lowest BCUT2D eigenvalue weighted by Gasteiger charge is -2.44. The molecule has 2 fully saturated rings. The number of piperazine rings is 1. The van der Waals surface area contributed by atoms with Gasteiger partial charge in [-0.05, 0) is 24.0 Å². The van der Waals surface area contributed by atoms with Gasteiger partial charge in [-0.1, -0.05) is 73.5 Å². The molecule has 1 heterocycles. The van der Waals surface area contributed by atoms with Gasteiger partial charge in [0.15, 0.2) is 0 Å². The predicted molar refractivity (Wildman–Crippen MR) is 110 cm³/mol.